The summed E-state index contributed by atoms with van der Waals surface area (Å²) in [5.41, 5.74) is 6.70. The Balaban J connectivity index is 1.90. The summed E-state index contributed by atoms with van der Waals surface area (Å²) in [5.74, 6) is 0.0806. The second-order valence-corrected chi connectivity index (χ2v) is 5.89. The molecule has 18 heavy (non-hydrogen) atoms. The number of hydrogen-bond donors (Lipinski definition) is 2. The van der Waals surface area contributed by atoms with Gasteiger partial charge in [0, 0.05) is 17.0 Å². The third-order valence-corrected chi connectivity index (χ3v) is 4.50. The van der Waals surface area contributed by atoms with Gasteiger partial charge in [-0.25, -0.2) is 0 Å². The molecule has 1 fully saturated rings. The van der Waals surface area contributed by atoms with E-state index in [1.807, 2.05) is 30.5 Å². The quantitative estimate of drug-likeness (QED) is 0.804. The van der Waals surface area contributed by atoms with Crippen LogP contribution in [-0.2, 0) is 4.79 Å². The Bertz CT molecular complexity index is 407. The molecule has 2 rings (SSSR count). The minimum absolute atomic E-state index is 0.0727. The van der Waals surface area contributed by atoms with Crippen LogP contribution >= 0.6 is 11.8 Å². The first-order valence-corrected chi connectivity index (χ1v) is 7.54. The van der Waals surface area contributed by atoms with Gasteiger partial charge >= 0.3 is 0 Å². The predicted molar refractivity (Wildman–Crippen MR) is 76.8 cm³/mol. The maximum absolute atomic E-state index is 12.0. The van der Waals surface area contributed by atoms with Crippen LogP contribution < -0.4 is 11.1 Å². The van der Waals surface area contributed by atoms with Crippen molar-refractivity contribution >= 4 is 23.4 Å². The minimum Gasteiger partial charge on any atom is -0.330 e. The SMILES string of the molecule is CSc1ccc(NC(=O)CC2(CN)CCC2)cc1. The van der Waals surface area contributed by atoms with Crippen LogP contribution in [0.3, 0.4) is 0 Å². The lowest BCUT2D eigenvalue weighted by atomic mass is 9.66. The van der Waals surface area contributed by atoms with Gasteiger partial charge in [-0.05, 0) is 55.3 Å². The first-order chi connectivity index (χ1) is 8.67. The molecule has 0 aliphatic heterocycles. The number of nitrogens with one attached hydrogen (secondary N) is 1. The van der Waals surface area contributed by atoms with Crippen molar-refractivity contribution in [2.75, 3.05) is 18.1 Å². The molecule has 1 saturated carbocycles. The molecule has 0 heterocycles. The fourth-order valence-electron chi connectivity index (χ4n) is 2.35. The summed E-state index contributed by atoms with van der Waals surface area (Å²) in [4.78, 5) is 13.2. The highest BCUT2D eigenvalue weighted by atomic mass is 32.2. The molecular weight excluding hydrogens is 244 g/mol. The number of hydrogen-bond acceptors (Lipinski definition) is 3. The fourth-order valence-corrected chi connectivity index (χ4v) is 2.76. The van der Waals surface area contributed by atoms with Crippen LogP contribution in [0.15, 0.2) is 29.2 Å². The van der Waals surface area contributed by atoms with Crippen molar-refractivity contribution in [3.8, 4) is 0 Å². The van der Waals surface area contributed by atoms with Crippen molar-refractivity contribution in [3.05, 3.63) is 24.3 Å². The zero-order valence-electron chi connectivity index (χ0n) is 10.7. The van der Waals surface area contributed by atoms with Crippen molar-refractivity contribution < 1.29 is 4.79 Å². The van der Waals surface area contributed by atoms with Gasteiger partial charge in [-0.15, -0.1) is 11.8 Å². The summed E-state index contributed by atoms with van der Waals surface area (Å²) in [5, 5.41) is 2.95. The molecule has 4 heteroatoms. The molecule has 1 aromatic carbocycles. The van der Waals surface area contributed by atoms with E-state index in [4.69, 9.17) is 5.73 Å². The highest BCUT2D eigenvalue weighted by Crippen LogP contribution is 2.43. The summed E-state index contributed by atoms with van der Waals surface area (Å²) in [6, 6.07) is 7.92. The molecule has 1 aromatic rings. The monoisotopic (exact) mass is 264 g/mol. The predicted octanol–water partition coefficient (Wildman–Crippen LogP) is 2.87. The van der Waals surface area contributed by atoms with Crippen molar-refractivity contribution in [2.24, 2.45) is 11.1 Å². The second kappa shape index (κ2) is 5.76. The van der Waals surface area contributed by atoms with E-state index in [0.29, 0.717) is 13.0 Å². The number of carbonyl (C=O) groups is 1. The highest BCUT2D eigenvalue weighted by Gasteiger charge is 2.37. The van der Waals surface area contributed by atoms with E-state index < -0.39 is 0 Å². The average Bonchev–Trinajstić information content (AvgIpc) is 2.35. The number of carbonyl (C=O) groups excluding carboxylic acids is 1. The largest absolute Gasteiger partial charge is 0.330 e. The first-order valence-electron chi connectivity index (χ1n) is 6.31. The average molecular weight is 264 g/mol. The number of nitrogens with two attached hydrogens (primary N) is 1. The van der Waals surface area contributed by atoms with Gasteiger partial charge in [0.15, 0.2) is 0 Å². The second-order valence-electron chi connectivity index (χ2n) is 5.01. The smallest absolute Gasteiger partial charge is 0.224 e. The molecule has 0 bridgehead atoms. The maximum Gasteiger partial charge on any atom is 0.224 e. The van der Waals surface area contributed by atoms with Crippen LogP contribution in [0, 0.1) is 5.41 Å². The van der Waals surface area contributed by atoms with Gasteiger partial charge in [0.1, 0.15) is 0 Å². The van der Waals surface area contributed by atoms with Gasteiger partial charge in [-0.2, -0.15) is 0 Å². The Labute approximate surface area is 113 Å². The Morgan fingerprint density at radius 1 is 1.39 bits per heavy atom. The third kappa shape index (κ3) is 3.06. The molecule has 1 aliphatic rings. The van der Waals surface area contributed by atoms with Crippen LogP contribution in [0.5, 0.6) is 0 Å². The maximum atomic E-state index is 12.0. The molecule has 0 radical (unpaired) electrons. The molecule has 3 N–H and O–H groups in total. The van der Waals surface area contributed by atoms with Crippen LogP contribution in [0.2, 0.25) is 0 Å². The Morgan fingerprint density at radius 3 is 2.50 bits per heavy atom. The Morgan fingerprint density at radius 2 is 2.06 bits per heavy atom. The molecule has 0 unspecified atom stereocenters. The summed E-state index contributed by atoms with van der Waals surface area (Å²) < 4.78 is 0. The Hall–Kier alpha value is -1.00. The number of anilines is 1. The summed E-state index contributed by atoms with van der Waals surface area (Å²) in [7, 11) is 0. The standard InChI is InChI=1S/C14H20N2OS/c1-18-12-5-3-11(4-6-12)16-13(17)9-14(10-15)7-2-8-14/h3-6H,2,7-10,15H2,1H3,(H,16,17). The van der Waals surface area contributed by atoms with Crippen molar-refractivity contribution in [1.82, 2.24) is 0 Å². The molecule has 98 valence electrons. The Kier molecular flexibility index (Phi) is 4.30. The molecular formula is C14H20N2OS. The number of amides is 1. The third-order valence-electron chi connectivity index (χ3n) is 3.76. The van der Waals surface area contributed by atoms with Gasteiger partial charge < -0.3 is 11.1 Å². The van der Waals surface area contributed by atoms with E-state index in [2.05, 4.69) is 5.32 Å². The summed E-state index contributed by atoms with van der Waals surface area (Å²) in [6.45, 7) is 0.617. The van der Waals surface area contributed by atoms with E-state index in [-0.39, 0.29) is 11.3 Å². The number of thioether (sulfide) groups is 1. The van der Waals surface area contributed by atoms with Crippen LogP contribution in [0.1, 0.15) is 25.7 Å². The lowest BCUT2D eigenvalue weighted by molar-refractivity contribution is -0.119. The van der Waals surface area contributed by atoms with Gasteiger partial charge in [0.05, 0.1) is 0 Å². The number of benzene rings is 1. The van der Waals surface area contributed by atoms with Crippen molar-refractivity contribution in [3.63, 3.8) is 0 Å². The number of rotatable bonds is 5. The normalized spacial score (nSPS) is 17.0. The summed E-state index contributed by atoms with van der Waals surface area (Å²) in [6.07, 6.45) is 5.96. The zero-order chi connectivity index (χ0) is 13.0. The summed E-state index contributed by atoms with van der Waals surface area (Å²) >= 11 is 1.69. The molecule has 1 aliphatic carbocycles. The van der Waals surface area contributed by atoms with Crippen LogP contribution in [0.25, 0.3) is 0 Å². The van der Waals surface area contributed by atoms with E-state index in [0.717, 1.165) is 18.5 Å². The van der Waals surface area contributed by atoms with Crippen LogP contribution in [0.4, 0.5) is 5.69 Å². The van der Waals surface area contributed by atoms with E-state index >= 15 is 0 Å². The van der Waals surface area contributed by atoms with Gasteiger partial charge in [-0.1, -0.05) is 6.42 Å². The molecule has 0 saturated heterocycles. The van der Waals surface area contributed by atoms with Gasteiger partial charge in [0.25, 0.3) is 0 Å². The topological polar surface area (TPSA) is 55.1 Å². The van der Waals surface area contributed by atoms with Crippen LogP contribution in [-0.4, -0.2) is 18.7 Å². The van der Waals surface area contributed by atoms with Gasteiger partial charge in [0.2, 0.25) is 5.91 Å². The van der Waals surface area contributed by atoms with E-state index in [9.17, 15) is 4.79 Å². The lowest BCUT2D eigenvalue weighted by Crippen LogP contribution is -2.40. The molecule has 0 spiro atoms. The highest BCUT2D eigenvalue weighted by molar-refractivity contribution is 7.98. The molecule has 3 nitrogen and oxygen atoms in total. The first kappa shape index (κ1) is 13.4. The molecule has 0 atom stereocenters. The minimum atomic E-state index is 0.0727. The van der Waals surface area contributed by atoms with Gasteiger partial charge in [-0.3, -0.25) is 4.79 Å². The van der Waals surface area contributed by atoms with Crippen molar-refractivity contribution in [2.45, 2.75) is 30.6 Å². The van der Waals surface area contributed by atoms with Crippen molar-refractivity contribution in [1.29, 1.82) is 0 Å². The lowest BCUT2D eigenvalue weighted by Gasteiger charge is -2.40. The zero-order valence-corrected chi connectivity index (χ0v) is 11.6. The molecule has 0 aromatic heterocycles. The van der Waals surface area contributed by atoms with E-state index in [1.165, 1.54) is 11.3 Å². The molecule has 1 amide bonds. The van der Waals surface area contributed by atoms with E-state index in [1.54, 1.807) is 11.8 Å². The fraction of sp³-hybridized carbons (Fsp3) is 0.500.